The molecule has 6 nitrogen and oxygen atoms in total. The third kappa shape index (κ3) is 3.96. The Hall–Kier alpha value is -3.02. The van der Waals surface area contributed by atoms with Crippen LogP contribution in [0, 0.1) is 23.1 Å². The van der Waals surface area contributed by atoms with Crippen molar-refractivity contribution in [3.63, 3.8) is 0 Å². The molecule has 5 fully saturated rings. The van der Waals surface area contributed by atoms with Crippen molar-refractivity contribution in [2.24, 2.45) is 17.3 Å². The smallest absolute Gasteiger partial charge is 0.381 e. The minimum absolute atomic E-state index is 0.0379. The van der Waals surface area contributed by atoms with Crippen molar-refractivity contribution in [2.75, 3.05) is 25.5 Å². The number of fused-ring (bicyclic) bond motifs is 1. The lowest BCUT2D eigenvalue weighted by Crippen LogP contribution is -2.74. The molecule has 4 aliphatic carbocycles. The monoisotopic (exact) mass is 554 g/mol. The first-order chi connectivity index (χ1) is 18.3. The van der Waals surface area contributed by atoms with Gasteiger partial charge in [-0.2, -0.15) is 13.2 Å². The summed E-state index contributed by atoms with van der Waals surface area (Å²) in [7, 11) is 2.00. The minimum atomic E-state index is -4.36. The highest BCUT2D eigenvalue weighted by molar-refractivity contribution is 5.99. The molecule has 2 N–H and O–H groups in total. The number of amides is 1. The predicted molar refractivity (Wildman–Crippen MR) is 130 cm³/mol. The maximum atomic E-state index is 14.7. The molecule has 0 spiro atoms. The number of anilines is 1. The highest BCUT2D eigenvalue weighted by Gasteiger charge is 2.79. The van der Waals surface area contributed by atoms with Gasteiger partial charge in [0.15, 0.2) is 0 Å². The molecule has 2 aromatic rings. The number of carbonyl (C=O) groups excluding carboxylic acids is 1. The fourth-order valence-corrected chi connectivity index (χ4v) is 7.05. The normalized spacial score (nSPS) is 31.8. The van der Waals surface area contributed by atoms with E-state index in [1.54, 1.807) is 0 Å². The van der Waals surface area contributed by atoms with Gasteiger partial charge in [0, 0.05) is 37.0 Å². The fraction of sp³-hybridized carbons (Fsp3) is 0.556. The number of halogens is 6. The molecule has 39 heavy (non-hydrogen) atoms. The number of nitrogens with zero attached hydrogens (tertiary/aromatic N) is 2. The number of aromatic nitrogens is 1. The first-order valence-corrected chi connectivity index (χ1v) is 12.9. The summed E-state index contributed by atoms with van der Waals surface area (Å²) in [5.74, 6) is -1.11. The maximum absolute atomic E-state index is 14.7. The number of carbonyl (C=O) groups is 1. The van der Waals surface area contributed by atoms with Gasteiger partial charge in [-0.3, -0.25) is 9.59 Å². The molecule has 1 aromatic carbocycles. The second-order valence-corrected chi connectivity index (χ2v) is 11.8. The van der Waals surface area contributed by atoms with Crippen molar-refractivity contribution in [1.82, 2.24) is 14.8 Å². The van der Waals surface area contributed by atoms with E-state index in [4.69, 9.17) is 0 Å². The van der Waals surface area contributed by atoms with E-state index in [1.165, 1.54) is 35.9 Å². The Morgan fingerprint density at radius 3 is 2.31 bits per heavy atom. The van der Waals surface area contributed by atoms with Crippen LogP contribution in [0.15, 0.2) is 35.3 Å². The second kappa shape index (κ2) is 8.49. The number of likely N-dealkylation sites (tertiary alicyclic amines) is 1. The second-order valence-electron chi connectivity index (χ2n) is 11.8. The van der Waals surface area contributed by atoms with E-state index in [0.29, 0.717) is 11.8 Å². The SMILES string of the molecule is C[C@@H](NC(=O)c1cn(C23CC(C(F)(F)F)(C2)C3)c(=O)cc1NC1[C@H]2CN(C)C[C@@H]12)c1cccc(C(F)F)c1F. The Bertz CT molecular complexity index is 1370. The number of rotatable bonds is 7. The number of benzene rings is 1. The van der Waals surface area contributed by atoms with Crippen LogP contribution in [0.2, 0.25) is 0 Å². The third-order valence-electron chi connectivity index (χ3n) is 9.22. The van der Waals surface area contributed by atoms with E-state index in [9.17, 15) is 35.9 Å². The molecule has 1 aliphatic heterocycles. The van der Waals surface area contributed by atoms with Crippen molar-refractivity contribution in [1.29, 1.82) is 0 Å². The third-order valence-corrected chi connectivity index (χ3v) is 9.22. The van der Waals surface area contributed by atoms with E-state index in [-0.39, 0.29) is 42.1 Å². The van der Waals surface area contributed by atoms with Crippen molar-refractivity contribution in [3.05, 3.63) is 63.3 Å². The number of hydrogen-bond donors (Lipinski definition) is 2. The summed E-state index contributed by atoms with van der Waals surface area (Å²) < 4.78 is 82.7. The van der Waals surface area contributed by atoms with Crippen molar-refractivity contribution >= 4 is 11.6 Å². The summed E-state index contributed by atoms with van der Waals surface area (Å²) in [6.45, 7) is 3.17. The summed E-state index contributed by atoms with van der Waals surface area (Å²) in [5.41, 5.74) is -3.91. The molecule has 5 aliphatic rings. The molecule has 2 bridgehead atoms. The zero-order valence-corrected chi connectivity index (χ0v) is 21.3. The molecule has 1 saturated heterocycles. The Kier molecular flexibility index (Phi) is 5.71. The largest absolute Gasteiger partial charge is 0.394 e. The van der Waals surface area contributed by atoms with E-state index < -0.39 is 52.4 Å². The lowest BCUT2D eigenvalue weighted by atomic mass is 9.39. The summed E-state index contributed by atoms with van der Waals surface area (Å²) in [5, 5.41) is 5.90. The molecule has 1 unspecified atom stereocenters. The van der Waals surface area contributed by atoms with Crippen LogP contribution in [0.5, 0.6) is 0 Å². The number of alkyl halides is 5. The molecule has 1 aromatic heterocycles. The van der Waals surface area contributed by atoms with Crippen LogP contribution in [-0.2, 0) is 5.54 Å². The van der Waals surface area contributed by atoms with Gasteiger partial charge in [-0.05, 0) is 45.1 Å². The van der Waals surface area contributed by atoms with Crippen molar-refractivity contribution in [2.45, 2.75) is 56.4 Å². The van der Waals surface area contributed by atoms with E-state index in [1.807, 2.05) is 7.05 Å². The highest BCUT2D eigenvalue weighted by Crippen LogP contribution is 2.76. The quantitative estimate of drug-likeness (QED) is 0.482. The average Bonchev–Trinajstić information content (AvgIpc) is 3.22. The molecular formula is C27H28F6N4O2. The zero-order valence-electron chi connectivity index (χ0n) is 21.3. The van der Waals surface area contributed by atoms with Crippen LogP contribution in [0.3, 0.4) is 0 Å². The molecule has 12 heteroatoms. The Balaban J connectivity index is 1.30. The summed E-state index contributed by atoms with van der Waals surface area (Å²) in [6, 6.07) is 3.84. The van der Waals surface area contributed by atoms with E-state index >= 15 is 0 Å². The molecule has 0 radical (unpaired) electrons. The van der Waals surface area contributed by atoms with Gasteiger partial charge in [0.1, 0.15) is 5.82 Å². The molecular weight excluding hydrogens is 526 g/mol. The highest BCUT2D eigenvalue weighted by atomic mass is 19.4. The van der Waals surface area contributed by atoms with Gasteiger partial charge in [-0.1, -0.05) is 18.2 Å². The molecule has 4 atom stereocenters. The topological polar surface area (TPSA) is 66.4 Å². The van der Waals surface area contributed by atoms with Crippen LogP contribution >= 0.6 is 0 Å². The minimum Gasteiger partial charge on any atom is -0.381 e. The molecule has 4 saturated carbocycles. The number of nitrogens with one attached hydrogen (secondary N) is 2. The van der Waals surface area contributed by atoms with Gasteiger partial charge < -0.3 is 20.1 Å². The van der Waals surface area contributed by atoms with Crippen LogP contribution in [-0.4, -0.2) is 47.7 Å². The Labute approximate surface area is 220 Å². The van der Waals surface area contributed by atoms with E-state index in [2.05, 4.69) is 15.5 Å². The molecule has 7 rings (SSSR count). The zero-order chi connectivity index (χ0) is 28.1. The number of hydrogen-bond acceptors (Lipinski definition) is 4. The van der Waals surface area contributed by atoms with Gasteiger partial charge in [-0.15, -0.1) is 0 Å². The molecule has 2 heterocycles. The first-order valence-electron chi connectivity index (χ1n) is 12.9. The van der Waals surface area contributed by atoms with Crippen LogP contribution in [0.25, 0.3) is 0 Å². The molecule has 1 amide bonds. The lowest BCUT2D eigenvalue weighted by molar-refractivity contribution is -0.354. The van der Waals surface area contributed by atoms with Gasteiger partial charge in [-0.25, -0.2) is 13.2 Å². The lowest BCUT2D eigenvalue weighted by Gasteiger charge is -2.70. The van der Waals surface area contributed by atoms with Crippen LogP contribution in [0.1, 0.15) is 60.1 Å². The fourth-order valence-electron chi connectivity index (χ4n) is 7.05. The molecule has 210 valence electrons. The number of pyridine rings is 1. The average molecular weight is 555 g/mol. The summed E-state index contributed by atoms with van der Waals surface area (Å²) in [6.07, 6.45) is -6.77. The Morgan fingerprint density at radius 2 is 1.72 bits per heavy atom. The van der Waals surface area contributed by atoms with Gasteiger partial charge in [0.05, 0.1) is 33.8 Å². The number of piperidine rings is 1. The predicted octanol–water partition coefficient (Wildman–Crippen LogP) is 4.83. The van der Waals surface area contributed by atoms with Crippen molar-refractivity contribution < 1.29 is 31.1 Å². The first kappa shape index (κ1) is 26.2. The van der Waals surface area contributed by atoms with E-state index in [0.717, 1.165) is 19.2 Å². The van der Waals surface area contributed by atoms with Gasteiger partial charge >= 0.3 is 6.18 Å². The summed E-state index contributed by atoms with van der Waals surface area (Å²) in [4.78, 5) is 28.8. The van der Waals surface area contributed by atoms with Crippen LogP contribution < -0.4 is 16.2 Å². The van der Waals surface area contributed by atoms with Gasteiger partial charge in [0.2, 0.25) is 0 Å². The standard InChI is InChI=1S/C27H28F6N4O2/c1-13(14-4-3-5-15(21(14)28)23(29)30)34-24(39)18-9-37(26-10-25(11-26,12-26)27(31,32)33)20(38)6-19(18)35-22-16-7-36(2)8-17(16)22/h3-6,9,13,16-17,22-23,35H,7-8,10-12H2,1-2H3,(H,34,39)/t13-,16-,17+,22?,25?,26?/m1/s1. The Morgan fingerprint density at radius 1 is 1.10 bits per heavy atom. The maximum Gasteiger partial charge on any atom is 0.394 e. The van der Waals surface area contributed by atoms with Crippen molar-refractivity contribution in [3.8, 4) is 0 Å². The van der Waals surface area contributed by atoms with Crippen LogP contribution in [0.4, 0.5) is 32.0 Å². The summed E-state index contributed by atoms with van der Waals surface area (Å²) >= 11 is 0. The van der Waals surface area contributed by atoms with Gasteiger partial charge in [0.25, 0.3) is 17.9 Å².